The molecule has 0 aliphatic carbocycles. The molecule has 1 heterocycles. The van der Waals surface area contributed by atoms with Crippen molar-refractivity contribution in [3.63, 3.8) is 0 Å². The Balaban J connectivity index is 1.84. The molecule has 24 heavy (non-hydrogen) atoms. The van der Waals surface area contributed by atoms with E-state index in [-0.39, 0.29) is 5.69 Å². The lowest BCUT2D eigenvalue weighted by Gasteiger charge is -2.21. The second-order valence-electron chi connectivity index (χ2n) is 5.07. The van der Waals surface area contributed by atoms with Crippen LogP contribution in [0.3, 0.4) is 0 Å². The van der Waals surface area contributed by atoms with Crippen molar-refractivity contribution in [3.05, 3.63) is 64.7 Å². The van der Waals surface area contributed by atoms with Crippen molar-refractivity contribution in [1.82, 2.24) is 0 Å². The Hall–Kier alpha value is -3.42. The molecule has 0 N–H and O–H groups in total. The van der Waals surface area contributed by atoms with Gasteiger partial charge in [0.15, 0.2) is 0 Å². The molecule has 2 aromatic rings. The lowest BCUT2D eigenvalue weighted by atomic mass is 10.2. The number of carbonyl (C=O) groups excluding carboxylic acids is 1. The highest BCUT2D eigenvalue weighted by Gasteiger charge is 2.34. The van der Waals surface area contributed by atoms with Crippen molar-refractivity contribution in [3.8, 4) is 0 Å². The summed E-state index contributed by atoms with van der Waals surface area (Å²) in [5.74, 6) is 0.140. The van der Waals surface area contributed by atoms with Gasteiger partial charge in [-0.1, -0.05) is 18.2 Å². The molecule has 1 amide bonds. The number of aliphatic imine (C=N–C) groups is 1. The number of hydrogen-bond donors (Lipinski definition) is 0. The lowest BCUT2D eigenvalue weighted by Crippen LogP contribution is -2.35. The van der Waals surface area contributed by atoms with Crippen molar-refractivity contribution in [2.45, 2.75) is 13.1 Å². The van der Waals surface area contributed by atoms with Crippen LogP contribution < -0.4 is 4.90 Å². The largest absolute Gasteiger partial charge is 0.297 e. The van der Waals surface area contributed by atoms with Gasteiger partial charge in [0, 0.05) is 17.8 Å². The second kappa shape index (κ2) is 6.37. The first kappa shape index (κ1) is 15.5. The van der Waals surface area contributed by atoms with Crippen LogP contribution in [0.25, 0.3) is 0 Å². The zero-order valence-electron chi connectivity index (χ0n) is 12.7. The zero-order valence-corrected chi connectivity index (χ0v) is 12.7. The number of hydrogen-bond acceptors (Lipinski definition) is 6. The number of nitrogens with zero attached hydrogens (tertiary/aromatic N) is 5. The summed E-state index contributed by atoms with van der Waals surface area (Å²) in [6.07, 6.45) is -0.873. The SMILES string of the molecule is CC1=NC(=O)C(N=Nc2ccc([N+](=O)[O-])cc2)N1c1ccccc1. The Morgan fingerprint density at radius 1 is 1.12 bits per heavy atom. The molecule has 1 atom stereocenters. The van der Waals surface area contributed by atoms with Crippen molar-refractivity contribution < 1.29 is 9.72 Å². The van der Waals surface area contributed by atoms with E-state index in [2.05, 4.69) is 15.2 Å². The summed E-state index contributed by atoms with van der Waals surface area (Å²) in [5, 5.41) is 18.7. The number of rotatable bonds is 4. The smallest absolute Gasteiger partial charge is 0.295 e. The maximum absolute atomic E-state index is 12.1. The van der Waals surface area contributed by atoms with Crippen LogP contribution in [-0.2, 0) is 4.79 Å². The highest BCUT2D eigenvalue weighted by Crippen LogP contribution is 2.25. The van der Waals surface area contributed by atoms with Crippen molar-refractivity contribution in [2.24, 2.45) is 15.2 Å². The molecule has 0 aromatic heterocycles. The predicted molar refractivity (Wildman–Crippen MR) is 88.4 cm³/mol. The number of nitro groups is 1. The molecule has 1 aliphatic heterocycles. The second-order valence-corrected chi connectivity index (χ2v) is 5.07. The summed E-state index contributed by atoms with van der Waals surface area (Å²) in [5.41, 5.74) is 1.18. The van der Waals surface area contributed by atoms with Gasteiger partial charge in [-0.2, -0.15) is 15.2 Å². The third kappa shape index (κ3) is 3.02. The maximum Gasteiger partial charge on any atom is 0.295 e. The van der Waals surface area contributed by atoms with E-state index in [1.807, 2.05) is 30.3 Å². The minimum Gasteiger partial charge on any atom is -0.297 e. The van der Waals surface area contributed by atoms with E-state index in [9.17, 15) is 14.9 Å². The van der Waals surface area contributed by atoms with Crippen LogP contribution >= 0.6 is 0 Å². The van der Waals surface area contributed by atoms with Crippen LogP contribution in [0.1, 0.15) is 6.92 Å². The summed E-state index contributed by atoms with van der Waals surface area (Å²) in [6.45, 7) is 1.73. The van der Waals surface area contributed by atoms with Gasteiger partial charge in [0.25, 0.3) is 11.6 Å². The minimum absolute atomic E-state index is 0.0315. The first-order valence-electron chi connectivity index (χ1n) is 7.15. The fourth-order valence-corrected chi connectivity index (χ4v) is 2.34. The van der Waals surface area contributed by atoms with Gasteiger partial charge in [0.2, 0.25) is 6.17 Å². The van der Waals surface area contributed by atoms with Gasteiger partial charge in [-0.3, -0.25) is 19.8 Å². The van der Waals surface area contributed by atoms with E-state index in [1.165, 1.54) is 24.3 Å². The van der Waals surface area contributed by atoms with Crippen LogP contribution in [-0.4, -0.2) is 22.8 Å². The summed E-state index contributed by atoms with van der Waals surface area (Å²) in [6, 6.07) is 14.9. The van der Waals surface area contributed by atoms with E-state index >= 15 is 0 Å². The van der Waals surface area contributed by atoms with Gasteiger partial charge in [-0.25, -0.2) is 0 Å². The number of anilines is 1. The lowest BCUT2D eigenvalue weighted by molar-refractivity contribution is -0.384. The molecule has 0 bridgehead atoms. The Morgan fingerprint density at radius 3 is 2.42 bits per heavy atom. The van der Waals surface area contributed by atoms with Crippen molar-refractivity contribution >= 4 is 28.8 Å². The molecular weight excluding hydrogens is 310 g/mol. The minimum atomic E-state index is -0.873. The van der Waals surface area contributed by atoms with Gasteiger partial charge in [-0.15, -0.1) is 0 Å². The normalized spacial score (nSPS) is 17.4. The standard InChI is InChI=1S/C16H13N5O3/c1-11-17-16(22)15(20(11)13-5-3-2-4-6-13)19-18-12-7-9-14(10-8-12)21(23)24/h2-10,15H,1H3. The fourth-order valence-electron chi connectivity index (χ4n) is 2.34. The maximum atomic E-state index is 12.1. The Labute approximate surface area is 137 Å². The Kier molecular flexibility index (Phi) is 4.11. The molecule has 0 fully saturated rings. The number of benzene rings is 2. The molecule has 1 unspecified atom stereocenters. The number of azo groups is 1. The van der Waals surface area contributed by atoms with Gasteiger partial charge < -0.3 is 0 Å². The average Bonchev–Trinajstić information content (AvgIpc) is 2.87. The van der Waals surface area contributed by atoms with Gasteiger partial charge in [0.05, 0.1) is 10.6 Å². The fraction of sp³-hybridized carbons (Fsp3) is 0.125. The van der Waals surface area contributed by atoms with Crippen molar-refractivity contribution in [1.29, 1.82) is 0 Å². The predicted octanol–water partition coefficient (Wildman–Crippen LogP) is 3.47. The average molecular weight is 323 g/mol. The molecule has 120 valence electrons. The van der Waals surface area contributed by atoms with Crippen LogP contribution in [0, 0.1) is 10.1 Å². The zero-order chi connectivity index (χ0) is 17.1. The number of non-ortho nitro benzene ring substituents is 1. The van der Waals surface area contributed by atoms with Crippen molar-refractivity contribution in [2.75, 3.05) is 4.90 Å². The number of para-hydroxylation sites is 1. The third-order valence-electron chi connectivity index (χ3n) is 3.46. The Morgan fingerprint density at radius 2 is 1.79 bits per heavy atom. The summed E-state index contributed by atoms with van der Waals surface area (Å²) < 4.78 is 0. The molecule has 0 saturated carbocycles. The molecule has 0 saturated heterocycles. The van der Waals surface area contributed by atoms with E-state index in [4.69, 9.17) is 0 Å². The first-order valence-corrected chi connectivity index (χ1v) is 7.15. The molecular formula is C16H13N5O3. The monoisotopic (exact) mass is 323 g/mol. The van der Waals surface area contributed by atoms with E-state index in [0.717, 1.165) is 5.69 Å². The number of amidine groups is 1. The van der Waals surface area contributed by atoms with E-state index < -0.39 is 17.0 Å². The highest BCUT2D eigenvalue weighted by molar-refractivity contribution is 6.13. The third-order valence-corrected chi connectivity index (χ3v) is 3.46. The topological polar surface area (TPSA) is 101 Å². The molecule has 8 nitrogen and oxygen atoms in total. The van der Waals surface area contributed by atoms with Gasteiger partial charge >= 0.3 is 0 Å². The highest BCUT2D eigenvalue weighted by atomic mass is 16.6. The van der Waals surface area contributed by atoms with Gasteiger partial charge in [-0.05, 0) is 31.2 Å². The summed E-state index contributed by atoms with van der Waals surface area (Å²) in [7, 11) is 0. The Bertz CT molecular complexity index is 831. The molecule has 3 rings (SSSR count). The van der Waals surface area contributed by atoms with Gasteiger partial charge in [0.1, 0.15) is 5.84 Å². The van der Waals surface area contributed by atoms with Crippen LogP contribution in [0.4, 0.5) is 17.1 Å². The number of amides is 1. The molecule has 2 aromatic carbocycles. The van der Waals surface area contributed by atoms with E-state index in [0.29, 0.717) is 11.5 Å². The molecule has 0 spiro atoms. The molecule has 1 aliphatic rings. The van der Waals surface area contributed by atoms with Crippen LogP contribution in [0.15, 0.2) is 69.8 Å². The molecule has 8 heteroatoms. The summed E-state index contributed by atoms with van der Waals surface area (Å²) in [4.78, 5) is 27.8. The quantitative estimate of drug-likeness (QED) is 0.488. The van der Waals surface area contributed by atoms with Crippen LogP contribution in [0.5, 0.6) is 0 Å². The number of nitro benzene ring substituents is 1. The first-order chi connectivity index (χ1) is 11.6. The van der Waals surface area contributed by atoms with E-state index in [1.54, 1.807) is 11.8 Å². The van der Waals surface area contributed by atoms with Crippen LogP contribution in [0.2, 0.25) is 0 Å². The molecule has 0 radical (unpaired) electrons. The summed E-state index contributed by atoms with van der Waals surface area (Å²) >= 11 is 0. The number of carbonyl (C=O) groups is 1.